The molecule has 1 unspecified atom stereocenters. The molecular formula is C14H21N3O. The zero-order chi connectivity index (χ0) is 13.2. The van der Waals surface area contributed by atoms with Crippen molar-refractivity contribution in [3.63, 3.8) is 0 Å². The summed E-state index contributed by atoms with van der Waals surface area (Å²) in [6.07, 6.45) is 0.552. The Balaban J connectivity index is 2.38. The van der Waals surface area contributed by atoms with E-state index in [9.17, 15) is 5.11 Å². The van der Waals surface area contributed by atoms with Gasteiger partial charge in [-0.15, -0.1) is 0 Å². The van der Waals surface area contributed by atoms with E-state index in [1.54, 1.807) is 0 Å². The van der Waals surface area contributed by atoms with E-state index in [0.29, 0.717) is 13.0 Å². The zero-order valence-electron chi connectivity index (χ0n) is 11.3. The Kier molecular flexibility index (Phi) is 3.68. The Labute approximate surface area is 108 Å². The van der Waals surface area contributed by atoms with E-state index in [1.807, 2.05) is 32.2 Å². The molecule has 18 heavy (non-hydrogen) atoms. The van der Waals surface area contributed by atoms with E-state index in [2.05, 4.69) is 27.9 Å². The van der Waals surface area contributed by atoms with Gasteiger partial charge in [-0.1, -0.05) is 12.1 Å². The molecule has 98 valence electrons. The number of aryl methyl sites for hydroxylation is 1. The van der Waals surface area contributed by atoms with Gasteiger partial charge in [0.2, 0.25) is 0 Å². The molecule has 1 atom stereocenters. The van der Waals surface area contributed by atoms with Crippen molar-refractivity contribution in [2.45, 2.75) is 32.4 Å². The Bertz CT molecular complexity index is 531. The molecule has 0 aliphatic carbocycles. The van der Waals surface area contributed by atoms with Crippen molar-refractivity contribution in [1.82, 2.24) is 14.9 Å². The van der Waals surface area contributed by atoms with Crippen molar-refractivity contribution in [3.05, 3.63) is 30.1 Å². The molecule has 0 saturated carbocycles. The number of hydrogen-bond donors (Lipinski definition) is 2. The van der Waals surface area contributed by atoms with Gasteiger partial charge in [0.1, 0.15) is 5.82 Å². The van der Waals surface area contributed by atoms with Crippen molar-refractivity contribution >= 4 is 11.0 Å². The molecule has 1 aromatic carbocycles. The molecule has 0 bridgehead atoms. The maximum atomic E-state index is 10.3. The van der Waals surface area contributed by atoms with E-state index in [4.69, 9.17) is 0 Å². The van der Waals surface area contributed by atoms with Gasteiger partial charge in [0.15, 0.2) is 0 Å². The SMILES string of the molecule is CCn1c(CC(C)(O)CNC)nc2ccccc21. The predicted molar refractivity (Wildman–Crippen MR) is 73.7 cm³/mol. The lowest BCUT2D eigenvalue weighted by Gasteiger charge is -2.22. The topological polar surface area (TPSA) is 50.1 Å². The van der Waals surface area contributed by atoms with Crippen LogP contribution in [0.1, 0.15) is 19.7 Å². The number of aromatic nitrogens is 2. The Morgan fingerprint density at radius 3 is 2.78 bits per heavy atom. The van der Waals surface area contributed by atoms with Crippen LogP contribution in [0.3, 0.4) is 0 Å². The average Bonchev–Trinajstić information content (AvgIpc) is 2.64. The number of para-hydroxylation sites is 2. The molecule has 4 heteroatoms. The van der Waals surface area contributed by atoms with Crippen LogP contribution in [0.5, 0.6) is 0 Å². The minimum atomic E-state index is -0.775. The van der Waals surface area contributed by atoms with Gasteiger partial charge >= 0.3 is 0 Å². The van der Waals surface area contributed by atoms with Crippen LogP contribution in [0.15, 0.2) is 24.3 Å². The fourth-order valence-electron chi connectivity index (χ4n) is 2.40. The molecule has 0 aliphatic heterocycles. The zero-order valence-corrected chi connectivity index (χ0v) is 11.3. The van der Waals surface area contributed by atoms with Crippen LogP contribution >= 0.6 is 0 Å². The molecule has 2 aromatic rings. The first kappa shape index (κ1) is 13.1. The molecule has 4 nitrogen and oxygen atoms in total. The van der Waals surface area contributed by atoms with Crippen molar-refractivity contribution < 1.29 is 5.11 Å². The highest BCUT2D eigenvalue weighted by Gasteiger charge is 2.23. The summed E-state index contributed by atoms with van der Waals surface area (Å²) in [7, 11) is 1.84. The van der Waals surface area contributed by atoms with Crippen LogP contribution in [0.4, 0.5) is 0 Å². The molecule has 0 radical (unpaired) electrons. The number of benzene rings is 1. The summed E-state index contributed by atoms with van der Waals surface area (Å²) in [4.78, 5) is 4.63. The molecule has 0 saturated heterocycles. The molecule has 2 rings (SSSR count). The molecule has 1 heterocycles. The highest BCUT2D eigenvalue weighted by atomic mass is 16.3. The van der Waals surface area contributed by atoms with E-state index in [-0.39, 0.29) is 0 Å². The summed E-state index contributed by atoms with van der Waals surface area (Å²) in [6.45, 7) is 5.36. The van der Waals surface area contributed by atoms with Crippen LogP contribution in [0.2, 0.25) is 0 Å². The lowest BCUT2D eigenvalue weighted by molar-refractivity contribution is 0.0595. The monoisotopic (exact) mass is 247 g/mol. The molecular weight excluding hydrogens is 226 g/mol. The first-order chi connectivity index (χ1) is 8.57. The molecule has 0 spiro atoms. The lowest BCUT2D eigenvalue weighted by atomic mass is 10.0. The van der Waals surface area contributed by atoms with E-state index >= 15 is 0 Å². The fourth-order valence-corrected chi connectivity index (χ4v) is 2.40. The van der Waals surface area contributed by atoms with Gasteiger partial charge in [-0.3, -0.25) is 0 Å². The summed E-state index contributed by atoms with van der Waals surface area (Å²) in [5.74, 6) is 0.943. The van der Waals surface area contributed by atoms with Crippen LogP contribution in [-0.2, 0) is 13.0 Å². The number of nitrogens with one attached hydrogen (secondary N) is 1. The summed E-state index contributed by atoms with van der Waals surface area (Å²) in [5.41, 5.74) is 1.35. The maximum Gasteiger partial charge on any atom is 0.112 e. The van der Waals surface area contributed by atoms with Gasteiger partial charge in [0.05, 0.1) is 16.6 Å². The third-order valence-corrected chi connectivity index (χ3v) is 3.15. The van der Waals surface area contributed by atoms with E-state index in [1.165, 1.54) is 0 Å². The second-order valence-corrected chi connectivity index (χ2v) is 4.97. The maximum absolute atomic E-state index is 10.3. The average molecular weight is 247 g/mol. The van der Waals surface area contributed by atoms with Crippen molar-refractivity contribution in [1.29, 1.82) is 0 Å². The summed E-state index contributed by atoms with van der Waals surface area (Å²) in [5, 5.41) is 13.3. The summed E-state index contributed by atoms with van der Waals surface area (Å²) < 4.78 is 2.17. The van der Waals surface area contributed by atoms with Gasteiger partial charge in [-0.05, 0) is 33.0 Å². The second kappa shape index (κ2) is 5.08. The number of hydrogen-bond acceptors (Lipinski definition) is 3. The quantitative estimate of drug-likeness (QED) is 0.843. The third-order valence-electron chi connectivity index (χ3n) is 3.15. The van der Waals surface area contributed by atoms with E-state index < -0.39 is 5.60 Å². The van der Waals surface area contributed by atoms with Crippen LogP contribution in [0.25, 0.3) is 11.0 Å². The van der Waals surface area contributed by atoms with Gasteiger partial charge in [-0.2, -0.15) is 0 Å². The fraction of sp³-hybridized carbons (Fsp3) is 0.500. The molecule has 0 amide bonds. The molecule has 0 fully saturated rings. The van der Waals surface area contributed by atoms with Crippen LogP contribution in [-0.4, -0.2) is 33.9 Å². The highest BCUT2D eigenvalue weighted by molar-refractivity contribution is 5.75. The number of aliphatic hydroxyl groups is 1. The normalized spacial score (nSPS) is 14.9. The summed E-state index contributed by atoms with van der Waals surface area (Å²) in [6, 6.07) is 8.09. The molecule has 2 N–H and O–H groups in total. The first-order valence-electron chi connectivity index (χ1n) is 6.38. The van der Waals surface area contributed by atoms with Gasteiger partial charge in [0, 0.05) is 19.5 Å². The standard InChI is InChI=1S/C14H21N3O/c1-4-17-12-8-6-5-7-11(12)16-13(17)9-14(2,18)10-15-3/h5-8,15,18H,4,9-10H2,1-3H3. The van der Waals surface area contributed by atoms with Crippen molar-refractivity contribution in [3.8, 4) is 0 Å². The number of fused-ring (bicyclic) bond motifs is 1. The Morgan fingerprint density at radius 2 is 2.11 bits per heavy atom. The number of nitrogens with zero attached hydrogens (tertiary/aromatic N) is 2. The number of rotatable bonds is 5. The van der Waals surface area contributed by atoms with Crippen LogP contribution in [0, 0.1) is 0 Å². The van der Waals surface area contributed by atoms with Crippen molar-refractivity contribution in [2.75, 3.05) is 13.6 Å². The minimum Gasteiger partial charge on any atom is -0.388 e. The van der Waals surface area contributed by atoms with E-state index in [0.717, 1.165) is 23.4 Å². The third kappa shape index (κ3) is 2.54. The second-order valence-electron chi connectivity index (χ2n) is 4.97. The Morgan fingerprint density at radius 1 is 1.39 bits per heavy atom. The Hall–Kier alpha value is -1.39. The number of imidazole rings is 1. The van der Waals surface area contributed by atoms with Crippen LogP contribution < -0.4 is 5.32 Å². The minimum absolute atomic E-state index is 0.552. The van der Waals surface area contributed by atoms with Gasteiger partial charge in [-0.25, -0.2) is 4.98 Å². The van der Waals surface area contributed by atoms with Gasteiger partial charge in [0.25, 0.3) is 0 Å². The summed E-state index contributed by atoms with van der Waals surface area (Å²) >= 11 is 0. The highest BCUT2D eigenvalue weighted by Crippen LogP contribution is 2.19. The molecule has 0 aliphatic rings. The number of likely N-dealkylation sites (N-methyl/N-ethyl adjacent to an activating group) is 1. The largest absolute Gasteiger partial charge is 0.388 e. The van der Waals surface area contributed by atoms with Gasteiger partial charge < -0.3 is 15.0 Å². The lowest BCUT2D eigenvalue weighted by Crippen LogP contribution is -2.39. The first-order valence-corrected chi connectivity index (χ1v) is 6.38. The molecule has 1 aromatic heterocycles. The van der Waals surface area contributed by atoms with Crippen molar-refractivity contribution in [2.24, 2.45) is 0 Å². The smallest absolute Gasteiger partial charge is 0.112 e. The predicted octanol–water partition coefficient (Wildman–Crippen LogP) is 1.57.